The Morgan fingerprint density at radius 2 is 2.06 bits per heavy atom. The van der Waals surface area contributed by atoms with Gasteiger partial charge in [0.15, 0.2) is 0 Å². The van der Waals surface area contributed by atoms with Gasteiger partial charge in [0.1, 0.15) is 5.82 Å². The van der Waals surface area contributed by atoms with Crippen LogP contribution in [-0.4, -0.2) is 11.9 Å². The number of halogens is 1. The first-order chi connectivity index (χ1) is 7.50. The first-order valence-corrected chi connectivity index (χ1v) is 5.30. The molecule has 0 aliphatic rings. The third kappa shape index (κ3) is 3.62. The number of amides is 1. The van der Waals surface area contributed by atoms with Crippen LogP contribution in [0, 0.1) is 5.82 Å². The van der Waals surface area contributed by atoms with E-state index >= 15 is 0 Å². The first-order valence-electron chi connectivity index (χ1n) is 5.30. The summed E-state index contributed by atoms with van der Waals surface area (Å²) in [5.41, 5.74) is 5.99. The smallest absolute Gasteiger partial charge is 0.222 e. The van der Waals surface area contributed by atoms with E-state index in [2.05, 4.69) is 5.32 Å². The van der Waals surface area contributed by atoms with E-state index in [1.165, 1.54) is 6.07 Å². The minimum atomic E-state index is -0.340. The van der Waals surface area contributed by atoms with Gasteiger partial charge in [0.2, 0.25) is 5.91 Å². The molecule has 0 spiro atoms. The van der Waals surface area contributed by atoms with Crippen LogP contribution in [0.2, 0.25) is 0 Å². The van der Waals surface area contributed by atoms with Gasteiger partial charge in [-0.1, -0.05) is 18.2 Å². The van der Waals surface area contributed by atoms with Crippen molar-refractivity contribution in [2.45, 2.75) is 32.4 Å². The van der Waals surface area contributed by atoms with Gasteiger partial charge in [-0.25, -0.2) is 4.39 Å². The molecule has 1 unspecified atom stereocenters. The van der Waals surface area contributed by atoms with E-state index in [0.717, 1.165) is 0 Å². The summed E-state index contributed by atoms with van der Waals surface area (Å²) in [7, 11) is 0. The van der Waals surface area contributed by atoms with Gasteiger partial charge in [0.05, 0.1) is 6.04 Å². The van der Waals surface area contributed by atoms with Crippen LogP contribution in [-0.2, 0) is 4.79 Å². The molecule has 0 aliphatic carbocycles. The highest BCUT2D eigenvalue weighted by Gasteiger charge is 2.13. The standard InChI is InChI=1S/C12H17FN2O/c1-8(14)7-12(16)15-9(2)10-5-3-4-6-11(10)13/h3-6,8-9H,7,14H2,1-2H3,(H,15,16)/t8?,9-/m1/s1. The zero-order chi connectivity index (χ0) is 12.1. The highest BCUT2D eigenvalue weighted by Crippen LogP contribution is 2.15. The Hall–Kier alpha value is -1.42. The summed E-state index contributed by atoms with van der Waals surface area (Å²) in [6.07, 6.45) is 0.249. The van der Waals surface area contributed by atoms with Crippen molar-refractivity contribution in [3.8, 4) is 0 Å². The number of hydrogen-bond acceptors (Lipinski definition) is 2. The number of rotatable bonds is 4. The van der Waals surface area contributed by atoms with Crippen LogP contribution in [0.4, 0.5) is 4.39 Å². The molecule has 1 aromatic rings. The van der Waals surface area contributed by atoms with Gasteiger partial charge in [0.25, 0.3) is 0 Å². The molecule has 1 amide bonds. The van der Waals surface area contributed by atoms with Crippen LogP contribution >= 0.6 is 0 Å². The molecule has 0 aliphatic heterocycles. The van der Waals surface area contributed by atoms with Gasteiger partial charge in [-0.05, 0) is 19.9 Å². The second-order valence-corrected chi connectivity index (χ2v) is 3.99. The number of hydrogen-bond donors (Lipinski definition) is 2. The Kier molecular flexibility index (Phi) is 4.43. The first kappa shape index (κ1) is 12.6. The molecular formula is C12H17FN2O. The van der Waals surface area contributed by atoms with E-state index in [4.69, 9.17) is 5.73 Å². The Balaban J connectivity index is 2.62. The second-order valence-electron chi connectivity index (χ2n) is 3.99. The van der Waals surface area contributed by atoms with E-state index < -0.39 is 0 Å². The topological polar surface area (TPSA) is 55.1 Å². The normalized spacial score (nSPS) is 14.2. The van der Waals surface area contributed by atoms with Crippen molar-refractivity contribution in [3.05, 3.63) is 35.6 Å². The average molecular weight is 224 g/mol. The van der Waals surface area contributed by atoms with E-state index in [1.54, 1.807) is 32.0 Å². The molecule has 0 heterocycles. The molecular weight excluding hydrogens is 207 g/mol. The molecule has 2 atom stereocenters. The molecule has 0 radical (unpaired) electrons. The third-order valence-corrected chi connectivity index (χ3v) is 2.26. The lowest BCUT2D eigenvalue weighted by Gasteiger charge is -2.15. The highest BCUT2D eigenvalue weighted by atomic mass is 19.1. The van der Waals surface area contributed by atoms with Crippen LogP contribution in [0.15, 0.2) is 24.3 Å². The van der Waals surface area contributed by atoms with Crippen molar-refractivity contribution < 1.29 is 9.18 Å². The quantitative estimate of drug-likeness (QED) is 0.818. The van der Waals surface area contributed by atoms with E-state index in [9.17, 15) is 9.18 Å². The maximum Gasteiger partial charge on any atom is 0.222 e. The van der Waals surface area contributed by atoms with Gasteiger partial charge in [-0.2, -0.15) is 0 Å². The van der Waals surface area contributed by atoms with Crippen molar-refractivity contribution in [3.63, 3.8) is 0 Å². The van der Waals surface area contributed by atoms with Gasteiger partial charge in [-0.15, -0.1) is 0 Å². The Morgan fingerprint density at radius 3 is 2.62 bits per heavy atom. The summed E-state index contributed by atoms with van der Waals surface area (Å²) >= 11 is 0. The number of nitrogens with two attached hydrogens (primary N) is 1. The minimum absolute atomic E-state index is 0.161. The zero-order valence-electron chi connectivity index (χ0n) is 9.53. The van der Waals surface area contributed by atoms with E-state index in [1.807, 2.05) is 0 Å². The summed E-state index contributed by atoms with van der Waals surface area (Å²) < 4.78 is 13.4. The van der Waals surface area contributed by atoms with Crippen molar-refractivity contribution in [1.82, 2.24) is 5.32 Å². The molecule has 0 saturated carbocycles. The minimum Gasteiger partial charge on any atom is -0.349 e. The number of carbonyl (C=O) groups excluding carboxylic acids is 1. The van der Waals surface area contributed by atoms with Gasteiger partial charge >= 0.3 is 0 Å². The van der Waals surface area contributed by atoms with Crippen molar-refractivity contribution in [1.29, 1.82) is 0 Å². The Labute approximate surface area is 94.8 Å². The fraction of sp³-hybridized carbons (Fsp3) is 0.417. The molecule has 1 rings (SSSR count). The molecule has 88 valence electrons. The number of benzene rings is 1. The molecule has 0 saturated heterocycles. The fourth-order valence-electron chi connectivity index (χ4n) is 1.50. The maximum atomic E-state index is 13.4. The van der Waals surface area contributed by atoms with Crippen LogP contribution in [0.1, 0.15) is 31.9 Å². The van der Waals surface area contributed by atoms with Gasteiger partial charge in [-0.3, -0.25) is 4.79 Å². The highest BCUT2D eigenvalue weighted by molar-refractivity contribution is 5.76. The summed E-state index contributed by atoms with van der Waals surface area (Å²) in [4.78, 5) is 11.4. The van der Waals surface area contributed by atoms with Crippen LogP contribution in [0.25, 0.3) is 0 Å². The Morgan fingerprint density at radius 1 is 1.44 bits per heavy atom. The predicted molar refractivity (Wildman–Crippen MR) is 61.2 cm³/mol. The molecule has 1 aromatic carbocycles. The van der Waals surface area contributed by atoms with Crippen molar-refractivity contribution in [2.75, 3.05) is 0 Å². The summed E-state index contributed by atoms with van der Waals surface area (Å²) in [6, 6.07) is 5.87. The predicted octanol–water partition coefficient (Wildman–Crippen LogP) is 1.74. The molecule has 0 bridgehead atoms. The molecule has 3 N–H and O–H groups in total. The monoisotopic (exact) mass is 224 g/mol. The largest absolute Gasteiger partial charge is 0.349 e. The molecule has 0 aromatic heterocycles. The van der Waals surface area contributed by atoms with Crippen LogP contribution < -0.4 is 11.1 Å². The summed E-state index contributed by atoms with van der Waals surface area (Å²) in [6.45, 7) is 3.50. The lowest BCUT2D eigenvalue weighted by Crippen LogP contribution is -2.32. The molecule has 3 nitrogen and oxygen atoms in total. The molecule has 4 heteroatoms. The SMILES string of the molecule is CC(N)CC(=O)N[C@H](C)c1ccccc1F. The van der Waals surface area contributed by atoms with Crippen molar-refractivity contribution >= 4 is 5.91 Å². The summed E-state index contributed by atoms with van der Waals surface area (Å²) in [5.74, 6) is -0.471. The van der Waals surface area contributed by atoms with Crippen LogP contribution in [0.3, 0.4) is 0 Å². The van der Waals surface area contributed by atoms with E-state index in [0.29, 0.717) is 5.56 Å². The lowest BCUT2D eigenvalue weighted by molar-refractivity contribution is -0.122. The Bertz CT molecular complexity index is 366. The van der Waals surface area contributed by atoms with E-state index in [-0.39, 0.29) is 30.2 Å². The number of nitrogens with one attached hydrogen (secondary N) is 1. The summed E-state index contributed by atoms with van der Waals surface area (Å²) in [5, 5.41) is 2.71. The fourth-order valence-corrected chi connectivity index (χ4v) is 1.50. The van der Waals surface area contributed by atoms with Gasteiger partial charge in [0, 0.05) is 18.0 Å². The lowest BCUT2D eigenvalue weighted by atomic mass is 10.1. The third-order valence-electron chi connectivity index (χ3n) is 2.26. The van der Waals surface area contributed by atoms with Crippen LogP contribution in [0.5, 0.6) is 0 Å². The molecule has 0 fully saturated rings. The van der Waals surface area contributed by atoms with Crippen molar-refractivity contribution in [2.24, 2.45) is 5.73 Å². The number of carbonyl (C=O) groups is 1. The average Bonchev–Trinajstić information content (AvgIpc) is 2.16. The maximum absolute atomic E-state index is 13.4. The van der Waals surface area contributed by atoms with Gasteiger partial charge < -0.3 is 11.1 Å². The second kappa shape index (κ2) is 5.61. The molecule has 16 heavy (non-hydrogen) atoms. The zero-order valence-corrected chi connectivity index (χ0v) is 9.53.